The largest absolute Gasteiger partial charge is 0.369 e. The molecule has 0 bridgehead atoms. The number of nitrogens with zero attached hydrogens (tertiary/aromatic N) is 2. The molecule has 0 saturated heterocycles. The number of aromatic nitrogens is 2. The number of carbonyl (C=O) groups is 1. The van der Waals surface area contributed by atoms with E-state index >= 15 is 0 Å². The Bertz CT molecular complexity index is 307. The smallest absolute Gasteiger partial charge is 0.225 e. The summed E-state index contributed by atoms with van der Waals surface area (Å²) in [6.07, 6.45) is 4.17. The van der Waals surface area contributed by atoms with Gasteiger partial charge in [0.2, 0.25) is 5.91 Å². The molecule has 5 heteroatoms. The topological polar surface area (TPSA) is 94.9 Å². The highest BCUT2D eigenvalue weighted by atomic mass is 16.1. The molecule has 1 aromatic heterocycles. The first-order valence-corrected chi connectivity index (χ1v) is 4.41. The van der Waals surface area contributed by atoms with Crippen LogP contribution >= 0.6 is 0 Å². The molecule has 1 heterocycles. The molecule has 0 fully saturated rings. The molecule has 1 amide bonds. The van der Waals surface area contributed by atoms with Crippen molar-refractivity contribution in [2.24, 2.45) is 11.5 Å². The van der Waals surface area contributed by atoms with Crippen LogP contribution in [0.1, 0.15) is 18.3 Å². The van der Waals surface area contributed by atoms with Crippen molar-refractivity contribution in [2.75, 3.05) is 0 Å². The summed E-state index contributed by atoms with van der Waals surface area (Å²) in [4.78, 5) is 18.6. The standard InChI is InChI=1S/C9H14N4O/c1-6(10)2-7-4-12-9(13-5-7)3-8(11)14/h4-6H,2-3,10H2,1H3,(H2,11,14). The lowest BCUT2D eigenvalue weighted by molar-refractivity contribution is -0.117. The second-order valence-electron chi connectivity index (χ2n) is 3.33. The molecule has 0 radical (unpaired) electrons. The zero-order valence-electron chi connectivity index (χ0n) is 8.10. The average Bonchev–Trinajstić information content (AvgIpc) is 2.06. The summed E-state index contributed by atoms with van der Waals surface area (Å²) in [5.74, 6) is 0.0240. The van der Waals surface area contributed by atoms with Crippen molar-refractivity contribution in [3.8, 4) is 0 Å². The van der Waals surface area contributed by atoms with Gasteiger partial charge in [0.05, 0.1) is 6.42 Å². The van der Waals surface area contributed by atoms with E-state index in [0.717, 1.165) is 12.0 Å². The van der Waals surface area contributed by atoms with E-state index in [-0.39, 0.29) is 12.5 Å². The molecule has 1 atom stereocenters. The van der Waals surface area contributed by atoms with Gasteiger partial charge in [-0.15, -0.1) is 0 Å². The van der Waals surface area contributed by atoms with E-state index in [0.29, 0.717) is 5.82 Å². The maximum absolute atomic E-state index is 10.6. The second kappa shape index (κ2) is 4.66. The van der Waals surface area contributed by atoms with Gasteiger partial charge in [-0.25, -0.2) is 9.97 Å². The third-order valence-electron chi connectivity index (χ3n) is 1.65. The van der Waals surface area contributed by atoms with Crippen LogP contribution in [-0.4, -0.2) is 21.9 Å². The number of amides is 1. The molecule has 1 aromatic rings. The minimum absolute atomic E-state index is 0.0818. The number of rotatable bonds is 4. The second-order valence-corrected chi connectivity index (χ2v) is 3.33. The molecule has 0 aliphatic heterocycles. The van der Waals surface area contributed by atoms with Crippen molar-refractivity contribution in [3.05, 3.63) is 23.8 Å². The lowest BCUT2D eigenvalue weighted by Crippen LogP contribution is -2.19. The maximum atomic E-state index is 10.6. The monoisotopic (exact) mass is 194 g/mol. The van der Waals surface area contributed by atoms with Gasteiger partial charge in [-0.2, -0.15) is 0 Å². The van der Waals surface area contributed by atoms with Crippen molar-refractivity contribution in [3.63, 3.8) is 0 Å². The van der Waals surface area contributed by atoms with Crippen molar-refractivity contribution < 1.29 is 4.79 Å². The lowest BCUT2D eigenvalue weighted by Gasteiger charge is -2.04. The molecule has 4 N–H and O–H groups in total. The van der Waals surface area contributed by atoms with Crippen LogP contribution < -0.4 is 11.5 Å². The van der Waals surface area contributed by atoms with Crippen molar-refractivity contribution in [1.82, 2.24) is 9.97 Å². The first-order chi connectivity index (χ1) is 6.58. The van der Waals surface area contributed by atoms with Gasteiger partial charge in [0.15, 0.2) is 0 Å². The van der Waals surface area contributed by atoms with Gasteiger partial charge < -0.3 is 11.5 Å². The Morgan fingerprint density at radius 3 is 2.50 bits per heavy atom. The first-order valence-electron chi connectivity index (χ1n) is 4.41. The minimum atomic E-state index is -0.426. The minimum Gasteiger partial charge on any atom is -0.369 e. The maximum Gasteiger partial charge on any atom is 0.225 e. The van der Waals surface area contributed by atoms with E-state index < -0.39 is 5.91 Å². The number of hydrogen-bond acceptors (Lipinski definition) is 4. The van der Waals surface area contributed by atoms with Gasteiger partial charge in [0.25, 0.3) is 0 Å². The molecule has 1 unspecified atom stereocenters. The summed E-state index contributed by atoms with van der Waals surface area (Å²) in [6.45, 7) is 1.91. The Morgan fingerprint density at radius 2 is 2.07 bits per heavy atom. The Morgan fingerprint density at radius 1 is 1.50 bits per heavy atom. The van der Waals surface area contributed by atoms with Gasteiger partial charge in [0, 0.05) is 18.4 Å². The van der Waals surface area contributed by atoms with Gasteiger partial charge in [-0.3, -0.25) is 4.79 Å². The summed E-state index contributed by atoms with van der Waals surface area (Å²) in [5, 5.41) is 0. The van der Waals surface area contributed by atoms with E-state index in [1.807, 2.05) is 6.92 Å². The highest BCUT2D eigenvalue weighted by Gasteiger charge is 2.02. The van der Waals surface area contributed by atoms with Crippen LogP contribution in [0.4, 0.5) is 0 Å². The number of primary amides is 1. The SMILES string of the molecule is CC(N)Cc1cnc(CC(N)=O)nc1. The first kappa shape index (κ1) is 10.6. The third kappa shape index (κ3) is 3.49. The van der Waals surface area contributed by atoms with Crippen LogP contribution in [0.3, 0.4) is 0 Å². The van der Waals surface area contributed by atoms with Crippen LogP contribution in [0, 0.1) is 0 Å². The average molecular weight is 194 g/mol. The van der Waals surface area contributed by atoms with Gasteiger partial charge in [-0.05, 0) is 18.9 Å². The molecule has 1 rings (SSSR count). The Labute approximate surface area is 82.5 Å². The fourth-order valence-corrected chi connectivity index (χ4v) is 1.11. The summed E-state index contributed by atoms with van der Waals surface area (Å²) in [6, 6.07) is 0.0839. The van der Waals surface area contributed by atoms with Crippen molar-refractivity contribution >= 4 is 5.91 Å². The van der Waals surface area contributed by atoms with Crippen molar-refractivity contribution in [1.29, 1.82) is 0 Å². The van der Waals surface area contributed by atoms with Gasteiger partial charge >= 0.3 is 0 Å². The van der Waals surface area contributed by atoms with Crippen LogP contribution in [0.5, 0.6) is 0 Å². The molecule has 0 aliphatic rings. The number of nitrogens with two attached hydrogens (primary N) is 2. The Balaban J connectivity index is 2.63. The molecule has 14 heavy (non-hydrogen) atoms. The van der Waals surface area contributed by atoms with E-state index in [4.69, 9.17) is 11.5 Å². The van der Waals surface area contributed by atoms with Gasteiger partial charge in [-0.1, -0.05) is 0 Å². The molecule has 0 spiro atoms. The summed E-state index contributed by atoms with van der Waals surface area (Å²) < 4.78 is 0. The molecule has 0 saturated carbocycles. The quantitative estimate of drug-likeness (QED) is 0.668. The molecule has 76 valence electrons. The van der Waals surface area contributed by atoms with Crippen LogP contribution in [0.25, 0.3) is 0 Å². The fourth-order valence-electron chi connectivity index (χ4n) is 1.11. The molecule has 0 aromatic carbocycles. The van der Waals surface area contributed by atoms with Crippen LogP contribution in [-0.2, 0) is 17.6 Å². The van der Waals surface area contributed by atoms with Crippen LogP contribution in [0.15, 0.2) is 12.4 Å². The highest BCUT2D eigenvalue weighted by molar-refractivity contribution is 5.75. The normalized spacial score (nSPS) is 12.4. The molecule has 0 aliphatic carbocycles. The van der Waals surface area contributed by atoms with Crippen molar-refractivity contribution in [2.45, 2.75) is 25.8 Å². The van der Waals surface area contributed by atoms with E-state index in [2.05, 4.69) is 9.97 Å². The fraction of sp³-hybridized carbons (Fsp3) is 0.444. The molecular weight excluding hydrogens is 180 g/mol. The van der Waals surface area contributed by atoms with Gasteiger partial charge in [0.1, 0.15) is 5.82 Å². The summed E-state index contributed by atoms with van der Waals surface area (Å²) in [5.41, 5.74) is 11.6. The number of hydrogen-bond donors (Lipinski definition) is 2. The van der Waals surface area contributed by atoms with E-state index in [9.17, 15) is 4.79 Å². The van der Waals surface area contributed by atoms with E-state index in [1.165, 1.54) is 0 Å². The molecule has 5 nitrogen and oxygen atoms in total. The Kier molecular flexibility index (Phi) is 3.53. The zero-order chi connectivity index (χ0) is 10.6. The third-order valence-corrected chi connectivity index (χ3v) is 1.65. The highest BCUT2D eigenvalue weighted by Crippen LogP contribution is 1.99. The zero-order valence-corrected chi connectivity index (χ0v) is 8.10. The lowest BCUT2D eigenvalue weighted by atomic mass is 10.1. The Hall–Kier alpha value is -1.49. The predicted molar refractivity (Wildman–Crippen MR) is 52.3 cm³/mol. The van der Waals surface area contributed by atoms with Crippen LogP contribution in [0.2, 0.25) is 0 Å². The molecular formula is C9H14N4O. The predicted octanol–water partition coefficient (Wildman–Crippen LogP) is -0.606. The summed E-state index contributed by atoms with van der Waals surface area (Å²) >= 11 is 0. The summed E-state index contributed by atoms with van der Waals surface area (Å²) in [7, 11) is 0. The van der Waals surface area contributed by atoms with E-state index in [1.54, 1.807) is 12.4 Å². The number of carbonyl (C=O) groups excluding carboxylic acids is 1.